The molecular formula is C38H32Cl4N2O8. The molecule has 2 amide bonds. The quantitative estimate of drug-likeness (QED) is 0.122. The Balaban J connectivity index is 0.000000201. The topological polar surface area (TPSA) is 151 Å². The van der Waals surface area contributed by atoms with E-state index in [1.54, 1.807) is 36.4 Å². The van der Waals surface area contributed by atoms with Gasteiger partial charge in [0.2, 0.25) is 5.91 Å². The number of carboxylic acid groups (broad SMARTS) is 2. The number of rotatable bonds is 9. The molecule has 1 atom stereocenters. The molecule has 2 aliphatic rings. The van der Waals surface area contributed by atoms with Crippen LogP contribution in [0.2, 0.25) is 20.1 Å². The third kappa shape index (κ3) is 8.65. The van der Waals surface area contributed by atoms with E-state index < -0.39 is 11.9 Å². The molecule has 2 aliphatic heterocycles. The van der Waals surface area contributed by atoms with E-state index in [2.05, 4.69) is 10.6 Å². The molecule has 10 nitrogen and oxygen atoms in total. The van der Waals surface area contributed by atoms with Crippen LogP contribution in [-0.4, -0.2) is 34.0 Å². The van der Waals surface area contributed by atoms with Gasteiger partial charge in [-0.25, -0.2) is 0 Å². The summed E-state index contributed by atoms with van der Waals surface area (Å²) in [5.41, 5.74) is 5.59. The number of hydrogen-bond acceptors (Lipinski definition) is 6. The summed E-state index contributed by atoms with van der Waals surface area (Å²) in [6.07, 6.45) is -0.362. The van der Waals surface area contributed by atoms with Crippen molar-refractivity contribution in [3.63, 3.8) is 0 Å². The average molecular weight is 786 g/mol. The van der Waals surface area contributed by atoms with E-state index in [1.807, 2.05) is 27.7 Å². The van der Waals surface area contributed by atoms with Gasteiger partial charge >= 0.3 is 11.9 Å². The summed E-state index contributed by atoms with van der Waals surface area (Å²) < 4.78 is 11.7. The van der Waals surface area contributed by atoms with Gasteiger partial charge in [0.1, 0.15) is 11.5 Å². The van der Waals surface area contributed by atoms with Crippen LogP contribution < -0.4 is 20.1 Å². The van der Waals surface area contributed by atoms with Crippen LogP contribution in [0.3, 0.4) is 0 Å². The number of fused-ring (bicyclic) bond motifs is 2. The van der Waals surface area contributed by atoms with E-state index in [4.69, 9.17) is 66.1 Å². The molecule has 4 aromatic rings. The summed E-state index contributed by atoms with van der Waals surface area (Å²) >= 11 is 24.9. The van der Waals surface area contributed by atoms with Crippen molar-refractivity contribution in [3.8, 4) is 23.0 Å². The highest BCUT2D eigenvalue weighted by molar-refractivity contribution is 6.38. The highest BCUT2D eigenvalue weighted by Crippen LogP contribution is 2.43. The lowest BCUT2D eigenvalue weighted by Crippen LogP contribution is -2.16. The predicted molar refractivity (Wildman–Crippen MR) is 202 cm³/mol. The zero-order valence-corrected chi connectivity index (χ0v) is 31.2. The number of benzene rings is 4. The number of hydrogen-bond donors (Lipinski definition) is 4. The van der Waals surface area contributed by atoms with Gasteiger partial charge in [0.05, 0.1) is 38.9 Å². The van der Waals surface area contributed by atoms with E-state index in [1.165, 1.54) is 24.3 Å². The average Bonchev–Trinajstić information content (AvgIpc) is 3.54. The van der Waals surface area contributed by atoms with Gasteiger partial charge in [-0.15, -0.1) is 0 Å². The fraction of sp³-hybridized carbons (Fsp3) is 0.211. The number of carboxylic acids is 2. The second-order valence-electron chi connectivity index (χ2n) is 12.6. The third-order valence-corrected chi connectivity index (χ3v) is 9.19. The van der Waals surface area contributed by atoms with Crippen molar-refractivity contribution in [3.05, 3.63) is 109 Å². The molecule has 4 N–H and O–H groups in total. The molecule has 0 aliphatic carbocycles. The van der Waals surface area contributed by atoms with E-state index in [9.17, 15) is 19.2 Å². The fourth-order valence-corrected chi connectivity index (χ4v) is 7.12. The second-order valence-corrected chi connectivity index (χ2v) is 14.2. The van der Waals surface area contributed by atoms with Crippen LogP contribution in [0.25, 0.3) is 5.57 Å². The summed E-state index contributed by atoms with van der Waals surface area (Å²) in [4.78, 5) is 45.9. The first-order chi connectivity index (χ1) is 24.5. The Hall–Kier alpha value is -4.74. The Morgan fingerprint density at radius 3 is 1.62 bits per heavy atom. The summed E-state index contributed by atoms with van der Waals surface area (Å²) in [5, 5.41) is 24.3. The second kappa shape index (κ2) is 15.9. The van der Waals surface area contributed by atoms with Crippen molar-refractivity contribution in [2.75, 3.05) is 10.6 Å². The van der Waals surface area contributed by atoms with Crippen molar-refractivity contribution in [2.45, 2.75) is 46.5 Å². The normalized spacial score (nSPS) is 14.2. The first-order valence-electron chi connectivity index (χ1n) is 15.9. The number of allylic oxidation sites excluding steroid dienone is 1. The van der Waals surface area contributed by atoms with Gasteiger partial charge in [0, 0.05) is 22.5 Å². The van der Waals surface area contributed by atoms with Gasteiger partial charge in [-0.05, 0) is 97.1 Å². The van der Waals surface area contributed by atoms with E-state index in [0.717, 1.165) is 22.4 Å². The molecule has 0 saturated carbocycles. The Morgan fingerprint density at radius 2 is 1.17 bits per heavy atom. The summed E-state index contributed by atoms with van der Waals surface area (Å²) in [6, 6.07) is 16.6. The van der Waals surface area contributed by atoms with Gasteiger partial charge in [-0.3, -0.25) is 19.2 Å². The number of halogens is 4. The summed E-state index contributed by atoms with van der Waals surface area (Å²) in [5.74, 6) is -0.759. The molecule has 0 spiro atoms. The van der Waals surface area contributed by atoms with Crippen molar-refractivity contribution in [1.82, 2.24) is 0 Å². The number of carbonyl (C=O) groups is 4. The monoisotopic (exact) mass is 784 g/mol. The van der Waals surface area contributed by atoms with Gasteiger partial charge in [-0.2, -0.15) is 0 Å². The Bertz CT molecular complexity index is 2110. The van der Waals surface area contributed by atoms with Crippen molar-refractivity contribution in [2.24, 2.45) is 5.92 Å². The highest BCUT2D eigenvalue weighted by Gasteiger charge is 2.33. The number of aliphatic carboxylic acids is 2. The molecule has 4 aromatic carbocycles. The van der Waals surface area contributed by atoms with Crippen LogP contribution in [0.5, 0.6) is 23.0 Å². The lowest BCUT2D eigenvalue weighted by molar-refractivity contribution is -0.137. The number of amides is 2. The zero-order valence-electron chi connectivity index (χ0n) is 28.2. The molecule has 2 heterocycles. The van der Waals surface area contributed by atoms with Crippen LogP contribution in [0.4, 0.5) is 11.4 Å². The molecule has 1 unspecified atom stereocenters. The first-order valence-corrected chi connectivity index (χ1v) is 17.4. The number of nitrogens with one attached hydrogen (secondary N) is 2. The van der Waals surface area contributed by atoms with Gasteiger partial charge in [0.25, 0.3) is 5.91 Å². The molecule has 0 bridgehead atoms. The lowest BCUT2D eigenvalue weighted by atomic mass is 9.90. The molecule has 6 rings (SSSR count). The minimum absolute atomic E-state index is 0.0266. The Kier molecular flexibility index (Phi) is 11.8. The summed E-state index contributed by atoms with van der Waals surface area (Å²) in [7, 11) is 0. The largest absolute Gasteiger partial charge is 0.481 e. The van der Waals surface area contributed by atoms with Crippen molar-refractivity contribution >= 4 is 87.1 Å². The third-order valence-electron chi connectivity index (χ3n) is 8.07. The number of carbonyl (C=O) groups excluding carboxylic acids is 2. The SMILES string of the molecule is CC(C)=C1C(=O)Nc2ccc(Oc3c(Cl)cc(CC(=O)O)cc3Cl)cc21.CC(C)C1C(=O)Nc2ccc(Oc3c(Cl)cc(CC(=O)O)cc3Cl)cc21. The van der Waals surface area contributed by atoms with E-state index in [-0.39, 0.29) is 68.1 Å². The van der Waals surface area contributed by atoms with Crippen LogP contribution in [-0.2, 0) is 32.0 Å². The van der Waals surface area contributed by atoms with Gasteiger partial charge in [0.15, 0.2) is 11.5 Å². The van der Waals surface area contributed by atoms with Crippen LogP contribution >= 0.6 is 46.4 Å². The lowest BCUT2D eigenvalue weighted by Gasteiger charge is -2.15. The molecule has 0 radical (unpaired) electrons. The molecular weight excluding hydrogens is 754 g/mol. The fourth-order valence-electron chi connectivity index (χ4n) is 5.90. The number of anilines is 2. The molecule has 270 valence electrons. The van der Waals surface area contributed by atoms with Crippen LogP contribution in [0, 0.1) is 5.92 Å². The van der Waals surface area contributed by atoms with E-state index in [0.29, 0.717) is 33.9 Å². The van der Waals surface area contributed by atoms with Gasteiger partial charge in [-0.1, -0.05) is 65.8 Å². The molecule has 0 saturated heterocycles. The minimum Gasteiger partial charge on any atom is -0.481 e. The summed E-state index contributed by atoms with van der Waals surface area (Å²) in [6.45, 7) is 7.71. The maximum absolute atomic E-state index is 12.1. The van der Waals surface area contributed by atoms with Crippen LogP contribution in [0.15, 0.2) is 66.2 Å². The Morgan fingerprint density at radius 1 is 0.712 bits per heavy atom. The highest BCUT2D eigenvalue weighted by atomic mass is 35.5. The van der Waals surface area contributed by atoms with Crippen LogP contribution in [0.1, 0.15) is 55.9 Å². The predicted octanol–water partition coefficient (Wildman–Crippen LogP) is 10.3. The standard InChI is InChI=1S/C19H17Cl2NO4.C19H15Cl2NO4/c2*1-9(2)17-12-8-11(3-4-15(12)22-19(17)25)26-18-13(20)5-10(6-14(18)21)7-16(23)24/h3-6,8-9,17H,7H2,1-2H3,(H,22,25)(H,23,24);3-6,8H,7H2,1-2H3,(H,22,25)(H,23,24). The maximum atomic E-state index is 12.1. The number of ether oxygens (including phenoxy) is 2. The molecule has 52 heavy (non-hydrogen) atoms. The first kappa shape index (κ1) is 38.5. The maximum Gasteiger partial charge on any atom is 0.307 e. The smallest absolute Gasteiger partial charge is 0.307 e. The Labute approximate surface area is 319 Å². The molecule has 0 fully saturated rings. The van der Waals surface area contributed by atoms with Crippen molar-refractivity contribution in [1.29, 1.82) is 0 Å². The molecule has 0 aromatic heterocycles. The zero-order chi connectivity index (χ0) is 38.0. The van der Waals surface area contributed by atoms with Crippen molar-refractivity contribution < 1.29 is 38.9 Å². The van der Waals surface area contributed by atoms with Gasteiger partial charge < -0.3 is 30.3 Å². The van der Waals surface area contributed by atoms with E-state index >= 15 is 0 Å². The molecule has 14 heteroatoms. The minimum atomic E-state index is -0.976.